The van der Waals surface area contributed by atoms with E-state index in [2.05, 4.69) is 36.9 Å². The number of nitrogens with one attached hydrogen (secondary N) is 3. The van der Waals surface area contributed by atoms with Gasteiger partial charge in [-0.1, -0.05) is 15.9 Å². The lowest BCUT2D eigenvalue weighted by Crippen LogP contribution is -2.39. The monoisotopic (exact) mass is 352 g/mol. The molecule has 0 spiro atoms. The van der Waals surface area contributed by atoms with Crippen LogP contribution in [0.3, 0.4) is 0 Å². The molecule has 0 bridgehead atoms. The van der Waals surface area contributed by atoms with Crippen molar-refractivity contribution in [1.82, 2.24) is 16.0 Å². The van der Waals surface area contributed by atoms with Gasteiger partial charge in [0.05, 0.1) is 6.54 Å². The minimum Gasteiger partial charge on any atom is -0.357 e. The van der Waals surface area contributed by atoms with Crippen LogP contribution in [0.5, 0.6) is 0 Å². The Labute approximate surface area is 133 Å². The predicted octanol–water partition coefficient (Wildman–Crippen LogP) is 1.90. The van der Waals surface area contributed by atoms with Crippen molar-refractivity contribution in [3.8, 4) is 0 Å². The Morgan fingerprint density at radius 1 is 1.29 bits per heavy atom. The van der Waals surface area contributed by atoms with Crippen LogP contribution in [-0.2, 0) is 0 Å². The van der Waals surface area contributed by atoms with Crippen LogP contribution < -0.4 is 16.0 Å². The van der Waals surface area contributed by atoms with E-state index in [-0.39, 0.29) is 5.91 Å². The minimum atomic E-state index is -0.0714. The van der Waals surface area contributed by atoms with E-state index in [1.807, 2.05) is 19.1 Å². The number of carbonyl (C=O) groups is 1. The lowest BCUT2D eigenvalue weighted by atomic mass is 10.2. The Morgan fingerprint density at radius 3 is 2.62 bits per heavy atom. The zero-order chi connectivity index (χ0) is 15.1. The van der Waals surface area contributed by atoms with E-state index in [0.29, 0.717) is 24.7 Å². The number of rotatable bonds is 6. The first kappa shape index (κ1) is 15.8. The van der Waals surface area contributed by atoms with Crippen LogP contribution in [0.2, 0.25) is 0 Å². The van der Waals surface area contributed by atoms with Crippen molar-refractivity contribution in [2.45, 2.75) is 25.8 Å². The van der Waals surface area contributed by atoms with Crippen LogP contribution >= 0.6 is 15.9 Å². The standard InChI is InChI=1S/C15H21BrN4O/c1-2-17-15(20-13-7-8-13)19-10-9-18-14(21)11-3-5-12(16)6-4-11/h3-6,13H,2,7-10H2,1H3,(H,18,21)(H2,17,19,20). The quantitative estimate of drug-likeness (QED) is 0.416. The Bertz CT molecular complexity index is 497. The maximum absolute atomic E-state index is 11.9. The molecule has 21 heavy (non-hydrogen) atoms. The molecule has 5 nitrogen and oxygen atoms in total. The number of hydrogen-bond donors (Lipinski definition) is 3. The highest BCUT2D eigenvalue weighted by Crippen LogP contribution is 2.18. The molecule has 2 rings (SSSR count). The van der Waals surface area contributed by atoms with Crippen LogP contribution in [0.1, 0.15) is 30.1 Å². The highest BCUT2D eigenvalue weighted by atomic mass is 79.9. The average Bonchev–Trinajstić information content (AvgIpc) is 3.28. The fourth-order valence-electron chi connectivity index (χ4n) is 1.78. The van der Waals surface area contributed by atoms with Gasteiger partial charge >= 0.3 is 0 Å². The summed E-state index contributed by atoms with van der Waals surface area (Å²) in [5, 5.41) is 9.41. The molecule has 1 aromatic carbocycles. The number of guanidine groups is 1. The average molecular weight is 353 g/mol. The molecule has 1 saturated carbocycles. The summed E-state index contributed by atoms with van der Waals surface area (Å²) in [5.41, 5.74) is 0.658. The van der Waals surface area contributed by atoms with E-state index >= 15 is 0 Å². The summed E-state index contributed by atoms with van der Waals surface area (Å²) in [4.78, 5) is 16.4. The Hall–Kier alpha value is -1.56. The molecule has 0 heterocycles. The molecule has 1 aliphatic rings. The van der Waals surface area contributed by atoms with E-state index in [0.717, 1.165) is 17.0 Å². The molecule has 0 radical (unpaired) electrons. The second-order valence-corrected chi connectivity index (χ2v) is 5.86. The van der Waals surface area contributed by atoms with Gasteiger partial charge in [-0.25, -0.2) is 0 Å². The van der Waals surface area contributed by atoms with Crippen molar-refractivity contribution in [2.75, 3.05) is 19.6 Å². The lowest BCUT2D eigenvalue weighted by molar-refractivity contribution is 0.0955. The second-order valence-electron chi connectivity index (χ2n) is 4.94. The molecule has 6 heteroatoms. The molecular formula is C15H21BrN4O. The van der Waals surface area contributed by atoms with Gasteiger partial charge in [-0.15, -0.1) is 0 Å². The predicted molar refractivity (Wildman–Crippen MR) is 88.6 cm³/mol. The van der Waals surface area contributed by atoms with Crippen LogP contribution in [-0.4, -0.2) is 37.5 Å². The smallest absolute Gasteiger partial charge is 0.251 e. The van der Waals surface area contributed by atoms with Gasteiger partial charge in [-0.3, -0.25) is 9.79 Å². The largest absolute Gasteiger partial charge is 0.357 e. The number of benzene rings is 1. The Morgan fingerprint density at radius 2 is 2.00 bits per heavy atom. The maximum Gasteiger partial charge on any atom is 0.251 e. The van der Waals surface area contributed by atoms with E-state index < -0.39 is 0 Å². The molecule has 1 aromatic rings. The van der Waals surface area contributed by atoms with Crippen LogP contribution in [0.25, 0.3) is 0 Å². The zero-order valence-corrected chi connectivity index (χ0v) is 13.7. The normalized spacial score (nSPS) is 14.7. The molecule has 0 aromatic heterocycles. The summed E-state index contributed by atoms with van der Waals surface area (Å²) in [6.07, 6.45) is 2.43. The van der Waals surface area contributed by atoms with Gasteiger partial charge in [0.15, 0.2) is 5.96 Å². The van der Waals surface area contributed by atoms with Crippen molar-refractivity contribution < 1.29 is 4.79 Å². The number of halogens is 1. The Balaban J connectivity index is 1.74. The van der Waals surface area contributed by atoms with Crippen LogP contribution in [0.4, 0.5) is 0 Å². The minimum absolute atomic E-state index is 0.0714. The van der Waals surface area contributed by atoms with Gasteiger partial charge in [0.1, 0.15) is 0 Å². The summed E-state index contributed by atoms with van der Waals surface area (Å²) in [6.45, 7) is 3.96. The third-order valence-electron chi connectivity index (χ3n) is 3.04. The SMILES string of the molecule is CCNC(=NCCNC(=O)c1ccc(Br)cc1)NC1CC1. The third kappa shape index (κ3) is 5.75. The molecular weight excluding hydrogens is 332 g/mol. The van der Waals surface area contributed by atoms with E-state index in [1.165, 1.54) is 12.8 Å². The topological polar surface area (TPSA) is 65.5 Å². The van der Waals surface area contributed by atoms with Gasteiger partial charge in [0.2, 0.25) is 0 Å². The van der Waals surface area contributed by atoms with E-state index in [1.54, 1.807) is 12.1 Å². The number of carbonyl (C=O) groups excluding carboxylic acids is 1. The number of hydrogen-bond acceptors (Lipinski definition) is 2. The van der Waals surface area contributed by atoms with Gasteiger partial charge < -0.3 is 16.0 Å². The van der Waals surface area contributed by atoms with Crippen LogP contribution in [0.15, 0.2) is 33.7 Å². The van der Waals surface area contributed by atoms with Crippen molar-refractivity contribution in [1.29, 1.82) is 0 Å². The first-order chi connectivity index (χ1) is 10.2. The first-order valence-corrected chi connectivity index (χ1v) is 8.07. The molecule has 1 amide bonds. The summed E-state index contributed by atoms with van der Waals surface area (Å²) in [6, 6.07) is 7.87. The van der Waals surface area contributed by atoms with E-state index in [4.69, 9.17) is 0 Å². The summed E-state index contributed by atoms with van der Waals surface area (Å²) in [7, 11) is 0. The number of amides is 1. The molecule has 1 fully saturated rings. The van der Waals surface area contributed by atoms with Crippen molar-refractivity contribution in [2.24, 2.45) is 4.99 Å². The van der Waals surface area contributed by atoms with E-state index in [9.17, 15) is 4.79 Å². The molecule has 114 valence electrons. The lowest BCUT2D eigenvalue weighted by Gasteiger charge is -2.10. The second kappa shape index (κ2) is 8.02. The highest BCUT2D eigenvalue weighted by molar-refractivity contribution is 9.10. The van der Waals surface area contributed by atoms with Gasteiger partial charge in [-0.05, 0) is 44.0 Å². The van der Waals surface area contributed by atoms with Gasteiger partial charge in [-0.2, -0.15) is 0 Å². The number of aliphatic imine (C=N–C) groups is 1. The molecule has 1 aliphatic carbocycles. The zero-order valence-electron chi connectivity index (χ0n) is 12.2. The molecule has 0 aliphatic heterocycles. The summed E-state index contributed by atoms with van der Waals surface area (Å²) >= 11 is 3.35. The Kier molecular flexibility index (Phi) is 6.04. The summed E-state index contributed by atoms with van der Waals surface area (Å²) < 4.78 is 0.963. The highest BCUT2D eigenvalue weighted by Gasteiger charge is 2.21. The molecule has 3 N–H and O–H groups in total. The fraction of sp³-hybridized carbons (Fsp3) is 0.467. The van der Waals surface area contributed by atoms with Gasteiger partial charge in [0, 0.05) is 29.2 Å². The van der Waals surface area contributed by atoms with Gasteiger partial charge in [0.25, 0.3) is 5.91 Å². The molecule has 0 saturated heterocycles. The molecule has 0 unspecified atom stereocenters. The summed E-state index contributed by atoms with van der Waals surface area (Å²) in [5.74, 6) is 0.760. The first-order valence-electron chi connectivity index (χ1n) is 7.27. The maximum atomic E-state index is 11.9. The van der Waals surface area contributed by atoms with Crippen molar-refractivity contribution in [3.05, 3.63) is 34.3 Å². The van der Waals surface area contributed by atoms with Crippen molar-refractivity contribution >= 4 is 27.8 Å². The molecule has 0 atom stereocenters. The van der Waals surface area contributed by atoms with Crippen molar-refractivity contribution in [3.63, 3.8) is 0 Å². The van der Waals surface area contributed by atoms with Crippen LogP contribution in [0, 0.1) is 0 Å². The number of nitrogens with zero attached hydrogens (tertiary/aromatic N) is 1. The third-order valence-corrected chi connectivity index (χ3v) is 3.56. The fourth-order valence-corrected chi connectivity index (χ4v) is 2.05.